The van der Waals surface area contributed by atoms with Crippen molar-refractivity contribution in [3.8, 4) is 0 Å². The van der Waals surface area contributed by atoms with Crippen LogP contribution in [0, 0.1) is 0 Å². The minimum Gasteiger partial charge on any atom is -0.329 e. The maximum atomic E-state index is 6.57. The van der Waals surface area contributed by atoms with Crippen molar-refractivity contribution in [2.45, 2.75) is 44.8 Å². The fraction of sp³-hybridized carbons (Fsp3) is 0.500. The molecule has 2 nitrogen and oxygen atoms in total. The van der Waals surface area contributed by atoms with Gasteiger partial charge in [0.15, 0.2) is 0 Å². The highest BCUT2D eigenvalue weighted by molar-refractivity contribution is 7.19. The van der Waals surface area contributed by atoms with Gasteiger partial charge in [-0.3, -0.25) is 4.90 Å². The maximum absolute atomic E-state index is 6.57. The normalized spacial score (nSPS) is 24.4. The number of likely N-dealkylation sites (tertiary alicyclic amines) is 1. The van der Waals surface area contributed by atoms with Crippen LogP contribution >= 0.6 is 22.9 Å². The summed E-state index contributed by atoms with van der Waals surface area (Å²) in [5.41, 5.74) is 5.95. The van der Waals surface area contributed by atoms with Gasteiger partial charge in [0.25, 0.3) is 0 Å². The van der Waals surface area contributed by atoms with E-state index < -0.39 is 0 Å². The number of benzene rings is 1. The molecule has 108 valence electrons. The minimum absolute atomic E-state index is 0.500. The summed E-state index contributed by atoms with van der Waals surface area (Å²) in [4.78, 5) is 3.82. The molecule has 1 aliphatic rings. The van der Waals surface area contributed by atoms with Gasteiger partial charge in [-0.15, -0.1) is 11.3 Å². The molecule has 1 aromatic heterocycles. The van der Waals surface area contributed by atoms with E-state index in [1.54, 1.807) is 0 Å². The molecule has 3 rings (SSSR count). The number of nitrogens with zero attached hydrogens (tertiary/aromatic N) is 1. The highest BCUT2D eigenvalue weighted by Crippen LogP contribution is 2.37. The third-order valence-corrected chi connectivity index (χ3v) is 6.09. The largest absolute Gasteiger partial charge is 0.329 e. The molecule has 2 atom stereocenters. The number of halogens is 1. The van der Waals surface area contributed by atoms with Gasteiger partial charge in [-0.05, 0) is 25.8 Å². The van der Waals surface area contributed by atoms with Crippen LogP contribution in [-0.2, 0) is 6.54 Å². The van der Waals surface area contributed by atoms with Crippen molar-refractivity contribution in [3.05, 3.63) is 34.2 Å². The Balaban J connectivity index is 1.89. The molecule has 0 spiro atoms. The molecule has 0 radical (unpaired) electrons. The molecule has 2 unspecified atom stereocenters. The first-order valence-electron chi connectivity index (χ1n) is 7.32. The van der Waals surface area contributed by atoms with Crippen molar-refractivity contribution in [3.63, 3.8) is 0 Å². The van der Waals surface area contributed by atoms with Crippen LogP contribution in [0.5, 0.6) is 0 Å². The van der Waals surface area contributed by atoms with Crippen LogP contribution in [0.1, 0.15) is 31.1 Å². The quantitative estimate of drug-likeness (QED) is 0.918. The van der Waals surface area contributed by atoms with Crippen molar-refractivity contribution >= 4 is 33.0 Å². The van der Waals surface area contributed by atoms with Gasteiger partial charge in [0, 0.05) is 40.1 Å². The average Bonchev–Trinajstić information content (AvgIpc) is 2.78. The third kappa shape index (κ3) is 2.60. The molecule has 0 aliphatic carbocycles. The molecule has 20 heavy (non-hydrogen) atoms. The lowest BCUT2D eigenvalue weighted by Crippen LogP contribution is -2.48. The van der Waals surface area contributed by atoms with Gasteiger partial charge >= 0.3 is 0 Å². The van der Waals surface area contributed by atoms with Crippen LogP contribution in [-0.4, -0.2) is 23.5 Å². The molecule has 2 aromatic rings. The smallest absolute Gasteiger partial charge is 0.0637 e. The number of rotatable bonds is 3. The first kappa shape index (κ1) is 14.3. The lowest BCUT2D eigenvalue weighted by Gasteiger charge is -2.40. The Morgan fingerprint density at radius 3 is 2.90 bits per heavy atom. The third-order valence-electron chi connectivity index (χ3n) is 4.39. The van der Waals surface area contributed by atoms with Crippen molar-refractivity contribution in [2.24, 2.45) is 5.73 Å². The standard InChI is InChI=1S/C16H21ClN2S/c1-11-5-4-6-12(9-18)19(11)10-15-16(17)13-7-2-3-8-14(13)20-15/h2-3,7-8,11-12H,4-6,9-10,18H2,1H3. The molecule has 0 saturated carbocycles. The maximum Gasteiger partial charge on any atom is 0.0637 e. The van der Waals surface area contributed by atoms with Crippen LogP contribution in [0.15, 0.2) is 24.3 Å². The second-order valence-electron chi connectivity index (χ2n) is 5.68. The predicted molar refractivity (Wildman–Crippen MR) is 88.5 cm³/mol. The molecular weight excluding hydrogens is 288 g/mol. The van der Waals surface area contributed by atoms with Crippen LogP contribution in [0.2, 0.25) is 5.02 Å². The van der Waals surface area contributed by atoms with E-state index in [9.17, 15) is 0 Å². The van der Waals surface area contributed by atoms with Crippen molar-refractivity contribution in [1.29, 1.82) is 0 Å². The zero-order valence-corrected chi connectivity index (χ0v) is 13.4. The number of hydrogen-bond acceptors (Lipinski definition) is 3. The van der Waals surface area contributed by atoms with Gasteiger partial charge in [0.1, 0.15) is 0 Å². The van der Waals surface area contributed by atoms with Crippen molar-refractivity contribution in [2.75, 3.05) is 6.54 Å². The predicted octanol–water partition coefficient (Wildman–Crippen LogP) is 4.26. The molecule has 1 fully saturated rings. The van der Waals surface area contributed by atoms with E-state index in [1.165, 1.54) is 34.2 Å². The Bertz CT molecular complexity index is 595. The fourth-order valence-electron chi connectivity index (χ4n) is 3.21. The monoisotopic (exact) mass is 308 g/mol. The summed E-state index contributed by atoms with van der Waals surface area (Å²) in [5.74, 6) is 0. The number of fused-ring (bicyclic) bond motifs is 1. The summed E-state index contributed by atoms with van der Waals surface area (Å²) in [6.45, 7) is 3.98. The molecule has 2 heterocycles. The Hall–Kier alpha value is -0.610. The topological polar surface area (TPSA) is 29.3 Å². The fourth-order valence-corrected chi connectivity index (χ4v) is 4.71. The average molecular weight is 309 g/mol. The minimum atomic E-state index is 0.500. The molecule has 1 saturated heterocycles. The zero-order valence-electron chi connectivity index (χ0n) is 11.8. The van der Waals surface area contributed by atoms with E-state index in [0.717, 1.165) is 18.1 Å². The van der Waals surface area contributed by atoms with Crippen LogP contribution in [0.25, 0.3) is 10.1 Å². The lowest BCUT2D eigenvalue weighted by atomic mass is 9.96. The van der Waals surface area contributed by atoms with Gasteiger partial charge in [0.2, 0.25) is 0 Å². The van der Waals surface area contributed by atoms with Crippen LogP contribution < -0.4 is 5.73 Å². The van der Waals surface area contributed by atoms with E-state index >= 15 is 0 Å². The summed E-state index contributed by atoms with van der Waals surface area (Å²) in [7, 11) is 0. The van der Waals surface area contributed by atoms with Gasteiger partial charge in [-0.1, -0.05) is 36.2 Å². The number of nitrogens with two attached hydrogens (primary N) is 1. The molecule has 0 bridgehead atoms. The Labute approximate surface area is 129 Å². The summed E-state index contributed by atoms with van der Waals surface area (Å²) in [6, 6.07) is 9.48. The molecule has 2 N–H and O–H groups in total. The molecular formula is C16H21ClN2S. The summed E-state index contributed by atoms with van der Waals surface area (Å²) in [5, 5.41) is 2.11. The van der Waals surface area contributed by atoms with Gasteiger partial charge in [-0.2, -0.15) is 0 Å². The second-order valence-corrected chi connectivity index (χ2v) is 7.19. The zero-order chi connectivity index (χ0) is 14.1. The SMILES string of the molecule is CC1CCCC(CN)N1Cc1sc2ccccc2c1Cl. The lowest BCUT2D eigenvalue weighted by molar-refractivity contribution is 0.0904. The highest BCUT2D eigenvalue weighted by Gasteiger charge is 2.28. The Morgan fingerprint density at radius 2 is 2.15 bits per heavy atom. The Kier molecular flexibility index (Phi) is 4.32. The Morgan fingerprint density at radius 1 is 1.35 bits per heavy atom. The van der Waals surface area contributed by atoms with Gasteiger partial charge in [0.05, 0.1) is 5.02 Å². The van der Waals surface area contributed by atoms with Gasteiger partial charge in [-0.25, -0.2) is 0 Å². The van der Waals surface area contributed by atoms with Crippen LogP contribution in [0.4, 0.5) is 0 Å². The van der Waals surface area contributed by atoms with E-state index in [2.05, 4.69) is 36.1 Å². The summed E-state index contributed by atoms with van der Waals surface area (Å²) in [6.07, 6.45) is 3.77. The number of hydrogen-bond donors (Lipinski definition) is 1. The first-order chi connectivity index (χ1) is 9.70. The molecule has 4 heteroatoms. The van der Waals surface area contributed by atoms with Gasteiger partial charge < -0.3 is 5.73 Å². The number of piperidine rings is 1. The van der Waals surface area contributed by atoms with E-state index in [-0.39, 0.29) is 0 Å². The van der Waals surface area contributed by atoms with E-state index in [0.29, 0.717) is 12.1 Å². The second kappa shape index (κ2) is 6.02. The highest BCUT2D eigenvalue weighted by atomic mass is 35.5. The van der Waals surface area contributed by atoms with E-state index in [1.807, 2.05) is 11.3 Å². The first-order valence-corrected chi connectivity index (χ1v) is 8.52. The van der Waals surface area contributed by atoms with Crippen LogP contribution in [0.3, 0.4) is 0 Å². The van der Waals surface area contributed by atoms with Crippen molar-refractivity contribution < 1.29 is 0 Å². The summed E-state index contributed by atoms with van der Waals surface area (Å²) >= 11 is 8.39. The van der Waals surface area contributed by atoms with E-state index in [4.69, 9.17) is 17.3 Å². The number of thiophene rings is 1. The molecule has 0 amide bonds. The molecule has 1 aromatic carbocycles. The summed E-state index contributed by atoms with van der Waals surface area (Å²) < 4.78 is 1.28. The molecule has 1 aliphatic heterocycles. The van der Waals surface area contributed by atoms with Crippen molar-refractivity contribution in [1.82, 2.24) is 4.90 Å².